The maximum atomic E-state index is 13.4. The summed E-state index contributed by atoms with van der Waals surface area (Å²) in [4.78, 5) is 34.1. The summed E-state index contributed by atoms with van der Waals surface area (Å²) in [7, 11) is 0. The van der Waals surface area contributed by atoms with E-state index in [2.05, 4.69) is 21.5 Å². The van der Waals surface area contributed by atoms with E-state index in [1.54, 1.807) is 29.1 Å². The predicted octanol–water partition coefficient (Wildman–Crippen LogP) is 7.40. The predicted molar refractivity (Wildman–Crippen MR) is 169 cm³/mol. The lowest BCUT2D eigenvalue weighted by Gasteiger charge is -2.14. The number of benzene rings is 2. The second-order valence-electron chi connectivity index (χ2n) is 10.8. The number of rotatable bonds is 17. The summed E-state index contributed by atoms with van der Waals surface area (Å²) in [6.45, 7) is 3.43. The van der Waals surface area contributed by atoms with Crippen LogP contribution in [0.5, 0.6) is 0 Å². The van der Waals surface area contributed by atoms with Gasteiger partial charge in [0.15, 0.2) is 5.16 Å². The summed E-state index contributed by atoms with van der Waals surface area (Å²) in [5.41, 5.74) is 2.73. The van der Waals surface area contributed by atoms with Crippen molar-refractivity contribution in [1.29, 1.82) is 0 Å². The molecule has 6 nitrogen and oxygen atoms in total. The average molecular weight is 589 g/mol. The summed E-state index contributed by atoms with van der Waals surface area (Å²) in [6.07, 6.45) is 16.7. The molecule has 0 fully saturated rings. The molecule has 42 heavy (non-hydrogen) atoms. The Bertz CT molecular complexity index is 1500. The van der Waals surface area contributed by atoms with Crippen LogP contribution in [0.1, 0.15) is 87.0 Å². The number of aryl methyl sites for hydroxylation is 1. The van der Waals surface area contributed by atoms with E-state index in [1.807, 2.05) is 36.5 Å². The largest absolute Gasteiger partial charge is 0.347 e. The molecule has 0 saturated heterocycles. The zero-order valence-corrected chi connectivity index (χ0v) is 25.3. The summed E-state index contributed by atoms with van der Waals surface area (Å²) in [6, 6.07) is 16.2. The third-order valence-corrected chi connectivity index (χ3v) is 8.37. The Morgan fingerprint density at radius 2 is 1.45 bits per heavy atom. The summed E-state index contributed by atoms with van der Waals surface area (Å²) >= 11 is 1.49. The first-order chi connectivity index (χ1) is 20.5. The van der Waals surface area contributed by atoms with Gasteiger partial charge in [-0.15, -0.1) is 0 Å². The molecule has 8 heteroatoms. The maximum Gasteiger partial charge on any atom is 0.347 e. The highest BCUT2D eigenvalue weighted by molar-refractivity contribution is 7.98. The number of aromatic nitrogens is 4. The van der Waals surface area contributed by atoms with Crippen molar-refractivity contribution in [3.8, 4) is 0 Å². The number of hydrogen-bond donors (Lipinski definition) is 0. The molecule has 0 aliphatic heterocycles. The molecule has 4 aromatic rings. The molecule has 2 aromatic carbocycles. The molecule has 0 atom stereocenters. The minimum Gasteiger partial charge on any atom is -0.327 e. The van der Waals surface area contributed by atoms with E-state index in [1.165, 1.54) is 68.8 Å². The minimum absolute atomic E-state index is 0.266. The number of unbranched alkanes of at least 4 members (excludes halogenated alkanes) is 8. The molecule has 0 N–H and O–H groups in total. The van der Waals surface area contributed by atoms with E-state index in [4.69, 9.17) is 0 Å². The molecular weight excluding hydrogens is 547 g/mol. The molecular formula is C34H41FN4O2S. The first-order valence-electron chi connectivity index (χ1n) is 15.1. The fourth-order valence-corrected chi connectivity index (χ4v) is 5.89. The van der Waals surface area contributed by atoms with Crippen molar-refractivity contribution < 1.29 is 4.39 Å². The first kappa shape index (κ1) is 31.4. The third kappa shape index (κ3) is 10.1. The number of nitrogens with zero attached hydrogens (tertiary/aromatic N) is 4. The second kappa shape index (κ2) is 16.8. The number of thioether (sulfide) groups is 1. The lowest BCUT2D eigenvalue weighted by Crippen LogP contribution is -2.24. The lowest BCUT2D eigenvalue weighted by atomic mass is 10.1. The summed E-state index contributed by atoms with van der Waals surface area (Å²) < 4.78 is 17.0. The molecule has 222 valence electrons. The Kier molecular flexibility index (Phi) is 12.6. The molecule has 0 saturated carbocycles. The first-order valence-corrected chi connectivity index (χ1v) is 16.1. The van der Waals surface area contributed by atoms with Crippen LogP contribution < -0.4 is 11.2 Å². The highest BCUT2D eigenvalue weighted by atomic mass is 32.2. The average Bonchev–Trinajstić information content (AvgIpc) is 3.00. The normalized spacial score (nSPS) is 11.2. The van der Waals surface area contributed by atoms with Crippen molar-refractivity contribution in [3.05, 3.63) is 122 Å². The van der Waals surface area contributed by atoms with Crippen LogP contribution in [0.25, 0.3) is 0 Å². The van der Waals surface area contributed by atoms with Gasteiger partial charge in [0.1, 0.15) is 5.82 Å². The van der Waals surface area contributed by atoms with Crippen LogP contribution in [-0.4, -0.2) is 19.1 Å². The highest BCUT2D eigenvalue weighted by Gasteiger charge is 2.12. The summed E-state index contributed by atoms with van der Waals surface area (Å²) in [5, 5.41) is 0.666. The van der Waals surface area contributed by atoms with Gasteiger partial charge in [0.25, 0.3) is 5.56 Å². The molecule has 0 spiro atoms. The van der Waals surface area contributed by atoms with Crippen molar-refractivity contribution in [3.63, 3.8) is 0 Å². The van der Waals surface area contributed by atoms with Gasteiger partial charge in [-0.1, -0.05) is 113 Å². The minimum atomic E-state index is -0.323. The van der Waals surface area contributed by atoms with Crippen molar-refractivity contribution in [2.75, 3.05) is 0 Å². The zero-order chi connectivity index (χ0) is 29.6. The Morgan fingerprint density at radius 1 is 0.762 bits per heavy atom. The van der Waals surface area contributed by atoms with E-state index >= 15 is 0 Å². The highest BCUT2D eigenvalue weighted by Crippen LogP contribution is 2.22. The van der Waals surface area contributed by atoms with Gasteiger partial charge in [-0.05, 0) is 35.2 Å². The van der Waals surface area contributed by atoms with Crippen molar-refractivity contribution >= 4 is 11.8 Å². The maximum absolute atomic E-state index is 13.4. The van der Waals surface area contributed by atoms with E-state index in [0.717, 1.165) is 36.1 Å². The number of hydrogen-bond acceptors (Lipinski definition) is 5. The topological polar surface area (TPSA) is 69.8 Å². The zero-order valence-electron chi connectivity index (χ0n) is 24.5. The van der Waals surface area contributed by atoms with Gasteiger partial charge in [-0.3, -0.25) is 9.36 Å². The van der Waals surface area contributed by atoms with Crippen LogP contribution in [0.4, 0.5) is 4.39 Å². The van der Waals surface area contributed by atoms with E-state index in [9.17, 15) is 14.0 Å². The Balaban J connectivity index is 1.46. The van der Waals surface area contributed by atoms with Crippen LogP contribution >= 0.6 is 11.8 Å². The smallest absolute Gasteiger partial charge is 0.327 e. The van der Waals surface area contributed by atoms with Gasteiger partial charge in [0, 0.05) is 42.9 Å². The van der Waals surface area contributed by atoms with E-state index in [-0.39, 0.29) is 17.1 Å². The molecule has 4 rings (SSSR count). The third-order valence-electron chi connectivity index (χ3n) is 7.31. The van der Waals surface area contributed by atoms with Gasteiger partial charge < -0.3 is 4.57 Å². The lowest BCUT2D eigenvalue weighted by molar-refractivity contribution is 0.513. The standard InChI is InChI=1S/C34H41FN4O2S/c1-2-3-4-5-6-7-8-9-13-20-38-25-30(32(40)37-34(38)42-26-28-16-18-31(35)19-17-28)21-29-22-36-33(41)39(24-29)23-27-14-11-10-12-15-27/h10-12,14-19,22,24-25H,2-9,13,20-21,23,26H2,1H3. The van der Waals surface area contributed by atoms with Crippen LogP contribution in [0.15, 0.2) is 87.9 Å². The van der Waals surface area contributed by atoms with Gasteiger partial charge in [0.05, 0.1) is 6.54 Å². The van der Waals surface area contributed by atoms with Crippen LogP contribution in [0.2, 0.25) is 0 Å². The molecule has 2 aromatic heterocycles. The summed E-state index contributed by atoms with van der Waals surface area (Å²) in [5.74, 6) is 0.330. The van der Waals surface area contributed by atoms with Gasteiger partial charge in [-0.2, -0.15) is 4.98 Å². The molecule has 0 amide bonds. The molecule has 0 bridgehead atoms. The Morgan fingerprint density at radius 3 is 2.17 bits per heavy atom. The molecule has 0 aliphatic rings. The van der Waals surface area contributed by atoms with E-state index in [0.29, 0.717) is 29.4 Å². The fraction of sp³-hybridized carbons (Fsp3) is 0.412. The number of halogens is 1. The van der Waals surface area contributed by atoms with Crippen LogP contribution in [0.3, 0.4) is 0 Å². The molecule has 2 heterocycles. The fourth-order valence-electron chi connectivity index (χ4n) is 4.95. The quantitative estimate of drug-likeness (QED) is 0.0730. The monoisotopic (exact) mass is 588 g/mol. The Labute approximate surface area is 252 Å². The van der Waals surface area contributed by atoms with Gasteiger partial charge in [0.2, 0.25) is 0 Å². The van der Waals surface area contributed by atoms with Crippen molar-refractivity contribution in [2.24, 2.45) is 0 Å². The van der Waals surface area contributed by atoms with Gasteiger partial charge in [-0.25, -0.2) is 14.2 Å². The van der Waals surface area contributed by atoms with Gasteiger partial charge >= 0.3 is 5.69 Å². The van der Waals surface area contributed by atoms with Crippen molar-refractivity contribution in [1.82, 2.24) is 19.1 Å². The van der Waals surface area contributed by atoms with Crippen molar-refractivity contribution in [2.45, 2.75) is 95.1 Å². The molecule has 0 unspecified atom stereocenters. The van der Waals surface area contributed by atoms with Crippen LogP contribution in [0, 0.1) is 5.82 Å². The van der Waals surface area contributed by atoms with E-state index < -0.39 is 0 Å². The second-order valence-corrected chi connectivity index (χ2v) is 11.8. The molecule has 0 radical (unpaired) electrons. The Hall–Kier alpha value is -3.52. The SMILES string of the molecule is CCCCCCCCCCCn1cc(Cc2cnc(=O)n(Cc3ccccc3)c2)c(=O)nc1SCc1ccc(F)cc1. The molecule has 0 aliphatic carbocycles. The van der Waals surface area contributed by atoms with Crippen LogP contribution in [-0.2, 0) is 25.3 Å².